The Morgan fingerprint density at radius 3 is 2.55 bits per heavy atom. The van der Waals surface area contributed by atoms with Crippen LogP contribution in [0, 0.1) is 11.3 Å². The quantitative estimate of drug-likeness (QED) is 0.896. The summed E-state index contributed by atoms with van der Waals surface area (Å²) in [4.78, 5) is 11.4. The third-order valence-corrected chi connectivity index (χ3v) is 2.95. The summed E-state index contributed by atoms with van der Waals surface area (Å²) in [6.07, 6.45) is -5.05. The van der Waals surface area contributed by atoms with E-state index in [0.717, 1.165) is 0 Å². The molecule has 0 heterocycles. The van der Waals surface area contributed by atoms with Crippen molar-refractivity contribution in [2.45, 2.75) is 18.7 Å². The lowest BCUT2D eigenvalue weighted by Crippen LogP contribution is -2.51. The van der Waals surface area contributed by atoms with Gasteiger partial charge in [-0.2, -0.15) is 18.4 Å². The van der Waals surface area contributed by atoms with Crippen molar-refractivity contribution in [1.29, 1.82) is 5.26 Å². The van der Waals surface area contributed by atoms with Crippen LogP contribution in [0.3, 0.4) is 0 Å². The summed E-state index contributed by atoms with van der Waals surface area (Å²) in [5, 5.41) is 20.3. The fourth-order valence-corrected chi connectivity index (χ4v) is 1.45. The summed E-state index contributed by atoms with van der Waals surface area (Å²) in [6, 6.07) is 5.86. The van der Waals surface area contributed by atoms with Crippen molar-refractivity contribution in [3.63, 3.8) is 0 Å². The second-order valence-electron chi connectivity index (χ2n) is 4.15. The minimum absolute atomic E-state index is 0.104. The minimum Gasteiger partial charge on any atom is -0.378 e. The van der Waals surface area contributed by atoms with Crippen LogP contribution in [0.15, 0.2) is 18.2 Å². The maximum Gasteiger partial charge on any atom is 0.424 e. The van der Waals surface area contributed by atoms with Gasteiger partial charge in [0, 0.05) is 5.69 Å². The van der Waals surface area contributed by atoms with Crippen LogP contribution in [-0.4, -0.2) is 29.2 Å². The molecule has 1 aromatic carbocycles. The molecule has 4 nitrogen and oxygen atoms in total. The van der Waals surface area contributed by atoms with E-state index in [1.165, 1.54) is 18.2 Å². The van der Waals surface area contributed by atoms with Crippen molar-refractivity contribution in [3.8, 4) is 6.07 Å². The Balaban J connectivity index is 2.76. The highest BCUT2D eigenvalue weighted by molar-refractivity contribution is 6.32. The lowest BCUT2D eigenvalue weighted by Gasteiger charge is -2.24. The molecule has 2 N–H and O–H groups in total. The minimum atomic E-state index is -5.05. The number of carbonyl (C=O) groups is 1. The van der Waals surface area contributed by atoms with Crippen LogP contribution in [-0.2, 0) is 4.79 Å². The number of aliphatic hydroxyl groups is 1. The molecule has 1 unspecified atom stereocenters. The molecule has 0 aromatic heterocycles. The van der Waals surface area contributed by atoms with Gasteiger partial charge in [0.25, 0.3) is 0 Å². The van der Waals surface area contributed by atoms with E-state index in [1.54, 1.807) is 0 Å². The number of rotatable bonds is 4. The van der Waals surface area contributed by atoms with Gasteiger partial charge in [0.2, 0.25) is 5.60 Å². The number of nitrogens with zero attached hydrogens (tertiary/aromatic N) is 1. The summed E-state index contributed by atoms with van der Waals surface area (Å²) in [6.45, 7) is -0.336. The van der Waals surface area contributed by atoms with E-state index >= 15 is 0 Å². The van der Waals surface area contributed by atoms with Gasteiger partial charge in [-0.3, -0.25) is 4.79 Å². The summed E-state index contributed by atoms with van der Waals surface area (Å²) < 4.78 is 37.3. The molecule has 0 bridgehead atoms. The number of anilines is 1. The fraction of sp³-hybridized carbons (Fsp3) is 0.333. The van der Waals surface area contributed by atoms with Crippen molar-refractivity contribution in [2.75, 3.05) is 11.9 Å². The number of Topliss-reactive ketones (excluding diaryl/α,β-unsaturated/α-hetero) is 1. The van der Waals surface area contributed by atoms with E-state index in [2.05, 4.69) is 5.32 Å². The van der Waals surface area contributed by atoms with E-state index in [1.807, 2.05) is 6.07 Å². The molecule has 108 valence electrons. The SMILES string of the molecule is CC(O)(C(=O)CNc1ccc(C#N)c(Cl)c1)C(F)(F)F. The number of hydrogen-bond donors (Lipinski definition) is 2. The molecule has 0 saturated heterocycles. The molecule has 0 fully saturated rings. The number of nitriles is 1. The number of alkyl halides is 3. The molecule has 0 amide bonds. The van der Waals surface area contributed by atoms with Crippen LogP contribution in [0.1, 0.15) is 12.5 Å². The van der Waals surface area contributed by atoms with Gasteiger partial charge in [-0.15, -0.1) is 0 Å². The monoisotopic (exact) mass is 306 g/mol. The Labute approximate surface area is 117 Å². The largest absolute Gasteiger partial charge is 0.424 e. The third-order valence-electron chi connectivity index (χ3n) is 2.64. The molecule has 0 aliphatic rings. The van der Waals surface area contributed by atoms with Crippen LogP contribution in [0.2, 0.25) is 5.02 Å². The lowest BCUT2D eigenvalue weighted by atomic mass is 10.0. The topological polar surface area (TPSA) is 73.1 Å². The predicted octanol–water partition coefficient (Wildman–Crippen LogP) is 2.51. The Morgan fingerprint density at radius 1 is 1.50 bits per heavy atom. The summed E-state index contributed by atoms with van der Waals surface area (Å²) in [5.41, 5.74) is -2.96. The zero-order valence-corrected chi connectivity index (χ0v) is 11.0. The van der Waals surface area contributed by atoms with E-state index in [9.17, 15) is 18.0 Å². The molecule has 8 heteroatoms. The van der Waals surface area contributed by atoms with Crippen LogP contribution in [0.5, 0.6) is 0 Å². The third kappa shape index (κ3) is 3.40. The molecule has 0 saturated carbocycles. The van der Waals surface area contributed by atoms with Gasteiger partial charge in [-0.1, -0.05) is 11.6 Å². The van der Waals surface area contributed by atoms with Crippen LogP contribution in [0.4, 0.5) is 18.9 Å². The zero-order valence-electron chi connectivity index (χ0n) is 10.3. The van der Waals surface area contributed by atoms with Crippen molar-refractivity contribution in [2.24, 2.45) is 0 Å². The van der Waals surface area contributed by atoms with Crippen molar-refractivity contribution in [1.82, 2.24) is 0 Å². The lowest BCUT2D eigenvalue weighted by molar-refractivity contribution is -0.243. The predicted molar refractivity (Wildman–Crippen MR) is 66.3 cm³/mol. The summed E-state index contributed by atoms with van der Waals surface area (Å²) >= 11 is 5.73. The van der Waals surface area contributed by atoms with E-state index in [-0.39, 0.29) is 16.3 Å². The van der Waals surface area contributed by atoms with Gasteiger partial charge in [0.15, 0.2) is 5.78 Å². The second-order valence-corrected chi connectivity index (χ2v) is 4.56. The molecule has 20 heavy (non-hydrogen) atoms. The molecule has 1 rings (SSSR count). The van der Waals surface area contributed by atoms with Gasteiger partial charge < -0.3 is 10.4 Å². The molecule has 0 radical (unpaired) electrons. The zero-order chi connectivity index (χ0) is 15.6. The first-order valence-electron chi connectivity index (χ1n) is 5.35. The summed E-state index contributed by atoms with van der Waals surface area (Å²) in [7, 11) is 0. The van der Waals surface area contributed by atoms with Crippen molar-refractivity contribution >= 4 is 23.1 Å². The average Bonchev–Trinajstić information content (AvgIpc) is 2.34. The number of ketones is 1. The first-order chi connectivity index (χ1) is 9.09. The van der Waals surface area contributed by atoms with Gasteiger partial charge in [-0.05, 0) is 25.1 Å². The number of benzene rings is 1. The van der Waals surface area contributed by atoms with E-state index < -0.39 is 24.1 Å². The normalized spacial score (nSPS) is 14.2. The van der Waals surface area contributed by atoms with Gasteiger partial charge in [0.1, 0.15) is 6.07 Å². The highest BCUT2D eigenvalue weighted by Crippen LogP contribution is 2.30. The standard InChI is InChI=1S/C12H10ClF3N2O2/c1-11(20,12(14,15)16)10(19)6-18-8-3-2-7(5-17)9(13)4-8/h2-4,18,20H,6H2,1H3. The molecular formula is C12H10ClF3N2O2. The molecule has 0 spiro atoms. The molecular weight excluding hydrogens is 297 g/mol. The number of carbonyl (C=O) groups excluding carboxylic acids is 1. The first kappa shape index (κ1) is 16.3. The smallest absolute Gasteiger partial charge is 0.378 e. The Morgan fingerprint density at radius 2 is 2.10 bits per heavy atom. The van der Waals surface area contributed by atoms with Crippen LogP contribution in [0.25, 0.3) is 0 Å². The number of nitrogens with one attached hydrogen (secondary N) is 1. The molecule has 0 aliphatic heterocycles. The highest BCUT2D eigenvalue weighted by Gasteiger charge is 2.54. The van der Waals surface area contributed by atoms with Gasteiger partial charge >= 0.3 is 6.18 Å². The summed E-state index contributed by atoms with van der Waals surface area (Å²) in [5.74, 6) is -1.43. The van der Waals surface area contributed by atoms with Crippen molar-refractivity contribution < 1.29 is 23.1 Å². The number of hydrogen-bond acceptors (Lipinski definition) is 4. The average molecular weight is 307 g/mol. The molecule has 1 aromatic rings. The maximum absolute atomic E-state index is 12.4. The van der Waals surface area contributed by atoms with Crippen LogP contribution < -0.4 is 5.32 Å². The Bertz CT molecular complexity index is 565. The second kappa shape index (κ2) is 5.69. The highest BCUT2D eigenvalue weighted by atomic mass is 35.5. The van der Waals surface area contributed by atoms with Crippen molar-refractivity contribution in [3.05, 3.63) is 28.8 Å². The maximum atomic E-state index is 12.4. The Hall–Kier alpha value is -1.78. The molecule has 1 atom stereocenters. The molecule has 0 aliphatic carbocycles. The Kier molecular flexibility index (Phi) is 4.63. The first-order valence-corrected chi connectivity index (χ1v) is 5.73. The van der Waals surface area contributed by atoms with Crippen LogP contribution >= 0.6 is 11.6 Å². The van der Waals surface area contributed by atoms with E-state index in [4.69, 9.17) is 22.0 Å². The van der Waals surface area contributed by atoms with Gasteiger partial charge in [-0.25, -0.2) is 0 Å². The van der Waals surface area contributed by atoms with E-state index in [0.29, 0.717) is 6.92 Å². The number of halogens is 4. The van der Waals surface area contributed by atoms with Gasteiger partial charge in [0.05, 0.1) is 17.1 Å². The fourth-order valence-electron chi connectivity index (χ4n) is 1.23.